The molecule has 3 aromatic carbocycles. The highest BCUT2D eigenvalue weighted by atomic mass is 19.1. The number of halogens is 1. The van der Waals surface area contributed by atoms with Crippen LogP contribution in [-0.4, -0.2) is 11.1 Å². The molecular weight excluding hydrogens is 399 g/mol. The van der Waals surface area contributed by atoms with Crippen LogP contribution in [0, 0.1) is 17.7 Å². The van der Waals surface area contributed by atoms with Gasteiger partial charge in [-0.25, -0.2) is 9.18 Å². The molecule has 0 spiro atoms. The maximum Gasteiger partial charge on any atom is 0.335 e. The second-order valence-corrected chi connectivity index (χ2v) is 8.53. The van der Waals surface area contributed by atoms with E-state index in [0.29, 0.717) is 0 Å². The van der Waals surface area contributed by atoms with E-state index in [1.165, 1.54) is 17.7 Å². The van der Waals surface area contributed by atoms with Crippen molar-refractivity contribution in [2.45, 2.75) is 25.7 Å². The van der Waals surface area contributed by atoms with Gasteiger partial charge >= 0.3 is 5.97 Å². The van der Waals surface area contributed by atoms with E-state index in [2.05, 4.69) is 50.0 Å². The maximum absolute atomic E-state index is 13.2. The van der Waals surface area contributed by atoms with E-state index >= 15 is 0 Å². The average Bonchev–Trinajstić information content (AvgIpc) is 2.78. The van der Waals surface area contributed by atoms with Crippen LogP contribution >= 0.6 is 0 Å². The van der Waals surface area contributed by atoms with Gasteiger partial charge in [0.1, 0.15) is 5.82 Å². The van der Waals surface area contributed by atoms with Crippen LogP contribution in [0.4, 0.5) is 4.39 Å². The topological polar surface area (TPSA) is 37.3 Å². The lowest BCUT2D eigenvalue weighted by atomic mass is 9.73. The lowest BCUT2D eigenvalue weighted by Gasteiger charge is -2.31. The zero-order valence-electron chi connectivity index (χ0n) is 18.0. The van der Waals surface area contributed by atoms with Crippen LogP contribution in [0.3, 0.4) is 0 Å². The third-order valence-electron chi connectivity index (χ3n) is 5.69. The van der Waals surface area contributed by atoms with Crippen molar-refractivity contribution >= 4 is 23.7 Å². The van der Waals surface area contributed by atoms with Gasteiger partial charge in [0.05, 0.1) is 5.56 Å². The number of rotatable bonds is 3. The molecule has 0 atom stereocenters. The Morgan fingerprint density at radius 1 is 0.938 bits per heavy atom. The molecule has 0 amide bonds. The largest absolute Gasteiger partial charge is 0.478 e. The third-order valence-corrected chi connectivity index (χ3v) is 5.69. The Morgan fingerprint density at radius 3 is 2.28 bits per heavy atom. The first-order valence-corrected chi connectivity index (χ1v) is 10.5. The molecule has 4 rings (SSSR count). The van der Waals surface area contributed by atoms with E-state index in [-0.39, 0.29) is 16.8 Å². The summed E-state index contributed by atoms with van der Waals surface area (Å²) >= 11 is 0. The normalized spacial score (nSPS) is 14.3. The maximum atomic E-state index is 13.2. The molecule has 0 heterocycles. The first-order chi connectivity index (χ1) is 15.3. The zero-order chi connectivity index (χ0) is 22.7. The summed E-state index contributed by atoms with van der Waals surface area (Å²) in [6, 6.07) is 19.4. The SMILES string of the molecule is CC1(C)CC=C(C#Cc2ccc(F)cc2)c2cc(C=Cc3ccc(C(=O)O)cc3)ccc21. The van der Waals surface area contributed by atoms with Gasteiger partial charge < -0.3 is 5.11 Å². The highest BCUT2D eigenvalue weighted by Gasteiger charge is 2.27. The number of benzene rings is 3. The van der Waals surface area contributed by atoms with E-state index in [9.17, 15) is 9.18 Å². The number of fused-ring (bicyclic) bond motifs is 1. The number of carbonyl (C=O) groups is 1. The molecule has 1 aliphatic carbocycles. The Bertz CT molecular complexity index is 1280. The fraction of sp³-hybridized carbons (Fsp3) is 0.138. The fourth-order valence-corrected chi connectivity index (χ4v) is 3.78. The zero-order valence-corrected chi connectivity index (χ0v) is 18.0. The van der Waals surface area contributed by atoms with Gasteiger partial charge in [0.2, 0.25) is 0 Å². The van der Waals surface area contributed by atoms with Crippen molar-refractivity contribution in [3.8, 4) is 11.8 Å². The van der Waals surface area contributed by atoms with Crippen LogP contribution in [0.15, 0.2) is 72.8 Å². The average molecular weight is 422 g/mol. The van der Waals surface area contributed by atoms with Crippen molar-refractivity contribution in [3.63, 3.8) is 0 Å². The summed E-state index contributed by atoms with van der Waals surface area (Å²) in [6.07, 6.45) is 7.06. The molecule has 0 saturated heterocycles. The van der Waals surface area contributed by atoms with Gasteiger partial charge in [-0.2, -0.15) is 0 Å². The summed E-state index contributed by atoms with van der Waals surface area (Å²) in [5.41, 5.74) is 6.38. The van der Waals surface area contributed by atoms with Crippen LogP contribution in [0.25, 0.3) is 17.7 Å². The number of hydrogen-bond acceptors (Lipinski definition) is 1. The molecule has 0 radical (unpaired) electrons. The Morgan fingerprint density at radius 2 is 1.59 bits per heavy atom. The summed E-state index contributed by atoms with van der Waals surface area (Å²) in [5, 5.41) is 9.04. The minimum absolute atomic E-state index is 0.0191. The molecule has 1 N–H and O–H groups in total. The second kappa shape index (κ2) is 8.69. The number of hydrogen-bond donors (Lipinski definition) is 1. The van der Waals surface area contributed by atoms with Crippen LogP contribution in [0.1, 0.15) is 58.4 Å². The van der Waals surface area contributed by atoms with Crippen molar-refractivity contribution in [1.82, 2.24) is 0 Å². The number of carboxylic acids is 1. The van der Waals surface area contributed by atoms with Gasteiger partial charge in [-0.3, -0.25) is 0 Å². The molecule has 0 aromatic heterocycles. The van der Waals surface area contributed by atoms with Crippen LogP contribution in [0.2, 0.25) is 0 Å². The minimum atomic E-state index is -0.932. The molecule has 32 heavy (non-hydrogen) atoms. The highest BCUT2D eigenvalue weighted by Crippen LogP contribution is 2.39. The Kier molecular flexibility index (Phi) is 5.79. The van der Waals surface area contributed by atoms with Crippen molar-refractivity contribution in [2.24, 2.45) is 0 Å². The second-order valence-electron chi connectivity index (χ2n) is 8.53. The monoisotopic (exact) mass is 422 g/mol. The summed E-state index contributed by atoms with van der Waals surface area (Å²) in [4.78, 5) is 11.0. The van der Waals surface area contributed by atoms with Crippen molar-refractivity contribution < 1.29 is 14.3 Å². The van der Waals surface area contributed by atoms with E-state index in [0.717, 1.165) is 34.2 Å². The number of carboxylic acid groups (broad SMARTS) is 1. The molecular formula is C29H23FO2. The predicted molar refractivity (Wildman–Crippen MR) is 128 cm³/mol. The summed E-state index contributed by atoms with van der Waals surface area (Å²) < 4.78 is 13.2. The molecule has 0 bridgehead atoms. The molecule has 0 saturated carbocycles. The standard InChI is InChI=1S/C29H23FO2/c1-29(2)18-17-23(11-5-21-8-14-25(30)15-9-21)26-19-22(10-16-27(26)29)4-3-20-6-12-24(13-7-20)28(31)32/h3-4,6-10,12-17,19H,18H2,1-2H3,(H,31,32). The van der Waals surface area contributed by atoms with Gasteiger partial charge in [0.25, 0.3) is 0 Å². The van der Waals surface area contributed by atoms with E-state index < -0.39 is 5.97 Å². The van der Waals surface area contributed by atoms with E-state index in [1.807, 2.05) is 12.2 Å². The van der Waals surface area contributed by atoms with Gasteiger partial charge in [-0.1, -0.05) is 68.2 Å². The van der Waals surface area contributed by atoms with Gasteiger partial charge in [0, 0.05) is 11.1 Å². The molecule has 2 nitrogen and oxygen atoms in total. The molecule has 158 valence electrons. The van der Waals surface area contributed by atoms with Crippen molar-refractivity contribution in [1.29, 1.82) is 0 Å². The Balaban J connectivity index is 1.65. The van der Waals surface area contributed by atoms with Gasteiger partial charge in [-0.15, -0.1) is 0 Å². The van der Waals surface area contributed by atoms with Crippen molar-refractivity contribution in [2.75, 3.05) is 0 Å². The van der Waals surface area contributed by atoms with Crippen LogP contribution in [-0.2, 0) is 5.41 Å². The van der Waals surface area contributed by atoms with Gasteiger partial charge in [0.15, 0.2) is 0 Å². The molecule has 0 fully saturated rings. The lowest BCUT2D eigenvalue weighted by molar-refractivity contribution is 0.0697. The molecule has 0 aliphatic heterocycles. The predicted octanol–water partition coefficient (Wildman–Crippen LogP) is 6.81. The number of aromatic carboxylic acids is 1. The number of allylic oxidation sites excluding steroid dienone is 2. The van der Waals surface area contributed by atoms with E-state index in [1.54, 1.807) is 36.4 Å². The third kappa shape index (κ3) is 4.71. The first kappa shape index (κ1) is 21.3. The summed E-state index contributed by atoms with van der Waals surface area (Å²) in [7, 11) is 0. The van der Waals surface area contributed by atoms with Crippen LogP contribution in [0.5, 0.6) is 0 Å². The smallest absolute Gasteiger partial charge is 0.335 e. The van der Waals surface area contributed by atoms with Crippen molar-refractivity contribution in [3.05, 3.63) is 112 Å². The Labute approximate surface area is 187 Å². The highest BCUT2D eigenvalue weighted by molar-refractivity contribution is 5.88. The summed E-state index contributed by atoms with van der Waals surface area (Å²) in [6.45, 7) is 4.46. The van der Waals surface area contributed by atoms with Gasteiger partial charge in [-0.05, 0) is 76.6 Å². The molecule has 0 unspecified atom stereocenters. The molecule has 1 aliphatic rings. The Hall–Kier alpha value is -3.90. The minimum Gasteiger partial charge on any atom is -0.478 e. The van der Waals surface area contributed by atoms with E-state index in [4.69, 9.17) is 5.11 Å². The van der Waals surface area contributed by atoms with Crippen LogP contribution < -0.4 is 0 Å². The molecule has 3 heteroatoms. The quantitative estimate of drug-likeness (QED) is 0.372. The fourth-order valence-electron chi connectivity index (χ4n) is 3.78. The first-order valence-electron chi connectivity index (χ1n) is 10.5. The summed E-state index contributed by atoms with van der Waals surface area (Å²) in [5.74, 6) is 5.23. The lowest BCUT2D eigenvalue weighted by Crippen LogP contribution is -2.21. The molecule has 3 aromatic rings.